The fourth-order valence-corrected chi connectivity index (χ4v) is 3.51. The van der Waals surface area contributed by atoms with Gasteiger partial charge in [-0.2, -0.15) is 5.26 Å². The lowest BCUT2D eigenvalue weighted by atomic mass is 10.2. The average Bonchev–Trinajstić information content (AvgIpc) is 3.09. The fraction of sp³-hybridized carbons (Fsp3) is 0. The summed E-state index contributed by atoms with van der Waals surface area (Å²) in [4.78, 5) is 18.1. The lowest BCUT2D eigenvalue weighted by molar-refractivity contribution is 0.102. The summed E-state index contributed by atoms with van der Waals surface area (Å²) in [6, 6.07) is 16.8. The van der Waals surface area contributed by atoms with Crippen LogP contribution in [0.2, 0.25) is 0 Å². The molecule has 0 saturated heterocycles. The minimum Gasteiger partial charge on any atom is -0.298 e. The van der Waals surface area contributed by atoms with Crippen LogP contribution in [0.25, 0.3) is 0 Å². The van der Waals surface area contributed by atoms with Gasteiger partial charge in [-0.25, -0.2) is 4.98 Å². The van der Waals surface area contributed by atoms with Gasteiger partial charge < -0.3 is 0 Å². The van der Waals surface area contributed by atoms with E-state index in [0.717, 1.165) is 9.79 Å². The molecule has 3 aromatic rings. The van der Waals surface area contributed by atoms with E-state index in [1.165, 1.54) is 23.1 Å². The number of thiazole rings is 1. The second kappa shape index (κ2) is 7.09. The molecule has 0 aliphatic heterocycles. The van der Waals surface area contributed by atoms with E-state index in [0.29, 0.717) is 16.3 Å². The molecule has 0 atom stereocenters. The van der Waals surface area contributed by atoms with Crippen molar-refractivity contribution < 1.29 is 4.79 Å². The molecule has 112 valence electrons. The largest absolute Gasteiger partial charge is 0.298 e. The molecule has 0 fully saturated rings. The molecule has 0 aliphatic rings. The Balaban J connectivity index is 1.89. The maximum atomic E-state index is 12.5. The van der Waals surface area contributed by atoms with Crippen LogP contribution in [0, 0.1) is 11.3 Å². The maximum absolute atomic E-state index is 12.5. The first-order valence-corrected chi connectivity index (χ1v) is 8.44. The second-order valence-electron chi connectivity index (χ2n) is 4.50. The number of benzene rings is 2. The fourth-order valence-electron chi connectivity index (χ4n) is 1.96. The number of rotatable bonds is 4. The summed E-state index contributed by atoms with van der Waals surface area (Å²) >= 11 is 2.77. The molecule has 0 saturated carbocycles. The molecular weight excluding hydrogens is 326 g/mol. The van der Waals surface area contributed by atoms with E-state index < -0.39 is 0 Å². The molecule has 0 aliphatic carbocycles. The Labute approximate surface area is 141 Å². The van der Waals surface area contributed by atoms with Gasteiger partial charge in [0.25, 0.3) is 5.91 Å². The Morgan fingerprint density at radius 3 is 2.61 bits per heavy atom. The van der Waals surface area contributed by atoms with Gasteiger partial charge in [0, 0.05) is 21.4 Å². The van der Waals surface area contributed by atoms with E-state index in [9.17, 15) is 10.1 Å². The highest BCUT2D eigenvalue weighted by Gasteiger charge is 2.14. The number of amides is 1. The van der Waals surface area contributed by atoms with Gasteiger partial charge in [0.05, 0.1) is 11.1 Å². The van der Waals surface area contributed by atoms with E-state index in [1.54, 1.807) is 23.7 Å². The number of nitriles is 1. The van der Waals surface area contributed by atoms with Crippen molar-refractivity contribution in [2.45, 2.75) is 9.79 Å². The highest BCUT2D eigenvalue weighted by atomic mass is 32.2. The molecule has 1 aromatic heterocycles. The number of hydrogen-bond donors (Lipinski definition) is 1. The van der Waals surface area contributed by atoms with Gasteiger partial charge in [-0.05, 0) is 24.3 Å². The van der Waals surface area contributed by atoms with Gasteiger partial charge in [0.1, 0.15) is 6.07 Å². The molecule has 0 radical (unpaired) electrons. The monoisotopic (exact) mass is 337 g/mol. The average molecular weight is 337 g/mol. The van der Waals surface area contributed by atoms with E-state index in [1.807, 2.05) is 36.4 Å². The van der Waals surface area contributed by atoms with E-state index in [2.05, 4.69) is 16.4 Å². The summed E-state index contributed by atoms with van der Waals surface area (Å²) in [5, 5.41) is 14.3. The van der Waals surface area contributed by atoms with Crippen LogP contribution in [-0.4, -0.2) is 10.9 Å². The summed E-state index contributed by atoms with van der Waals surface area (Å²) in [6.07, 6.45) is 1.64. The zero-order valence-electron chi connectivity index (χ0n) is 11.9. The molecular formula is C17H11N3OS2. The summed E-state index contributed by atoms with van der Waals surface area (Å²) in [5.74, 6) is -0.211. The highest BCUT2D eigenvalue weighted by Crippen LogP contribution is 2.32. The lowest BCUT2D eigenvalue weighted by Crippen LogP contribution is -2.12. The van der Waals surface area contributed by atoms with Crippen LogP contribution in [0.4, 0.5) is 5.13 Å². The van der Waals surface area contributed by atoms with Crippen molar-refractivity contribution >= 4 is 34.1 Å². The van der Waals surface area contributed by atoms with Crippen molar-refractivity contribution in [2.75, 3.05) is 5.32 Å². The number of anilines is 1. The summed E-state index contributed by atoms with van der Waals surface area (Å²) in [5.41, 5.74) is 1.15. The summed E-state index contributed by atoms with van der Waals surface area (Å²) in [6.45, 7) is 0. The molecule has 1 N–H and O–H groups in total. The van der Waals surface area contributed by atoms with Crippen LogP contribution in [0.3, 0.4) is 0 Å². The van der Waals surface area contributed by atoms with Crippen LogP contribution in [0.15, 0.2) is 69.9 Å². The molecule has 1 heterocycles. The van der Waals surface area contributed by atoms with Gasteiger partial charge in [-0.15, -0.1) is 11.3 Å². The number of carbonyl (C=O) groups excluding carboxylic acids is 1. The third kappa shape index (κ3) is 3.59. The van der Waals surface area contributed by atoms with Crippen molar-refractivity contribution in [1.29, 1.82) is 5.26 Å². The molecule has 2 aromatic carbocycles. The first-order valence-electron chi connectivity index (χ1n) is 6.75. The summed E-state index contributed by atoms with van der Waals surface area (Å²) < 4.78 is 0. The van der Waals surface area contributed by atoms with Crippen molar-refractivity contribution in [1.82, 2.24) is 4.98 Å². The number of aromatic nitrogens is 1. The van der Waals surface area contributed by atoms with Gasteiger partial charge in [0.2, 0.25) is 0 Å². The van der Waals surface area contributed by atoms with Gasteiger partial charge in [-0.1, -0.05) is 36.0 Å². The van der Waals surface area contributed by atoms with Crippen LogP contribution in [0.1, 0.15) is 15.9 Å². The number of nitrogens with zero attached hydrogens (tertiary/aromatic N) is 2. The molecule has 0 bridgehead atoms. The van der Waals surface area contributed by atoms with Gasteiger partial charge in [-0.3, -0.25) is 10.1 Å². The maximum Gasteiger partial charge on any atom is 0.258 e. The van der Waals surface area contributed by atoms with E-state index in [-0.39, 0.29) is 5.91 Å². The van der Waals surface area contributed by atoms with Crippen LogP contribution in [0.5, 0.6) is 0 Å². The molecule has 1 amide bonds. The first-order chi connectivity index (χ1) is 11.3. The predicted molar refractivity (Wildman–Crippen MR) is 91.8 cm³/mol. The van der Waals surface area contributed by atoms with Crippen molar-refractivity contribution in [2.24, 2.45) is 0 Å². The third-order valence-corrected chi connectivity index (χ3v) is 4.85. The highest BCUT2D eigenvalue weighted by molar-refractivity contribution is 7.99. The molecule has 0 spiro atoms. The van der Waals surface area contributed by atoms with Crippen molar-refractivity contribution in [3.8, 4) is 6.07 Å². The minimum absolute atomic E-state index is 0.211. The van der Waals surface area contributed by atoms with E-state index in [4.69, 9.17) is 0 Å². The molecule has 3 rings (SSSR count). The third-order valence-electron chi connectivity index (χ3n) is 3.01. The summed E-state index contributed by atoms with van der Waals surface area (Å²) in [7, 11) is 0. The van der Waals surface area contributed by atoms with Crippen molar-refractivity contribution in [3.05, 3.63) is 71.2 Å². The topological polar surface area (TPSA) is 65.8 Å². The zero-order chi connectivity index (χ0) is 16.1. The first kappa shape index (κ1) is 15.3. The van der Waals surface area contributed by atoms with Gasteiger partial charge in [0.15, 0.2) is 5.13 Å². The number of nitrogens with one attached hydrogen (secondary N) is 1. The predicted octanol–water partition coefficient (Wildman–Crippen LogP) is 4.42. The Morgan fingerprint density at radius 1 is 1.13 bits per heavy atom. The van der Waals surface area contributed by atoms with Gasteiger partial charge >= 0.3 is 0 Å². The molecule has 6 heteroatoms. The SMILES string of the molecule is N#Cc1ccccc1Sc1ccccc1C(=O)Nc1nccs1. The normalized spacial score (nSPS) is 10.0. The molecule has 23 heavy (non-hydrogen) atoms. The number of hydrogen-bond acceptors (Lipinski definition) is 5. The Bertz CT molecular complexity index is 870. The van der Waals surface area contributed by atoms with Crippen LogP contribution < -0.4 is 5.32 Å². The smallest absolute Gasteiger partial charge is 0.258 e. The zero-order valence-corrected chi connectivity index (χ0v) is 13.5. The van der Waals surface area contributed by atoms with Crippen LogP contribution >= 0.6 is 23.1 Å². The Morgan fingerprint density at radius 2 is 1.87 bits per heavy atom. The van der Waals surface area contributed by atoms with Crippen molar-refractivity contribution in [3.63, 3.8) is 0 Å². The van der Waals surface area contributed by atoms with E-state index >= 15 is 0 Å². The lowest BCUT2D eigenvalue weighted by Gasteiger charge is -2.09. The quantitative estimate of drug-likeness (QED) is 0.765. The second-order valence-corrected chi connectivity index (χ2v) is 6.48. The standard InChI is InChI=1S/C17H11N3OS2/c18-11-12-5-1-3-7-14(12)23-15-8-4-2-6-13(15)16(21)20-17-19-9-10-22-17/h1-10H,(H,19,20,21). The van der Waals surface area contributed by atoms with Crippen LogP contribution in [-0.2, 0) is 0 Å². The Kier molecular flexibility index (Phi) is 4.71. The Hall–Kier alpha value is -2.62. The number of carbonyl (C=O) groups is 1. The molecule has 0 unspecified atom stereocenters. The molecule has 4 nitrogen and oxygen atoms in total. The minimum atomic E-state index is -0.211.